The molecule has 0 aliphatic heterocycles. The SMILES string of the molecule is CC#CC(O)(C/C=C/[C@H]1[C@H](O)CC(=O)[C@@H]1CCCCCCC(=O)CO)CCCCCC. The Morgan fingerprint density at radius 2 is 1.87 bits per heavy atom. The molecule has 1 fully saturated rings. The van der Waals surface area contributed by atoms with Gasteiger partial charge in [0.25, 0.3) is 0 Å². The van der Waals surface area contributed by atoms with E-state index in [-0.39, 0.29) is 36.4 Å². The molecule has 3 N–H and O–H groups in total. The summed E-state index contributed by atoms with van der Waals surface area (Å²) in [5.41, 5.74) is -1.05. The highest BCUT2D eigenvalue weighted by atomic mass is 16.3. The van der Waals surface area contributed by atoms with Crippen LogP contribution in [-0.4, -0.2) is 45.2 Å². The van der Waals surface area contributed by atoms with Crippen LogP contribution in [0.5, 0.6) is 0 Å². The third-order valence-electron chi connectivity index (χ3n) is 6.25. The number of hydrogen-bond donors (Lipinski definition) is 3. The van der Waals surface area contributed by atoms with E-state index in [1.165, 1.54) is 0 Å². The van der Waals surface area contributed by atoms with Crippen molar-refractivity contribution in [2.24, 2.45) is 11.8 Å². The van der Waals surface area contributed by atoms with Crippen LogP contribution in [0.2, 0.25) is 0 Å². The van der Waals surface area contributed by atoms with E-state index < -0.39 is 11.7 Å². The summed E-state index contributed by atoms with van der Waals surface area (Å²) in [4.78, 5) is 23.5. The van der Waals surface area contributed by atoms with Gasteiger partial charge in [0.1, 0.15) is 18.0 Å². The predicted molar refractivity (Wildman–Crippen MR) is 123 cm³/mol. The summed E-state index contributed by atoms with van der Waals surface area (Å²) in [7, 11) is 0. The fourth-order valence-corrected chi connectivity index (χ4v) is 4.42. The van der Waals surface area contributed by atoms with E-state index in [1.54, 1.807) is 6.92 Å². The molecule has 0 aromatic rings. The largest absolute Gasteiger partial charge is 0.392 e. The Morgan fingerprint density at radius 1 is 1.16 bits per heavy atom. The molecule has 5 heteroatoms. The van der Waals surface area contributed by atoms with Crippen LogP contribution in [0.25, 0.3) is 0 Å². The summed E-state index contributed by atoms with van der Waals surface area (Å²) in [5, 5.41) is 30.0. The van der Waals surface area contributed by atoms with E-state index in [9.17, 15) is 19.8 Å². The van der Waals surface area contributed by atoms with Gasteiger partial charge in [-0.15, -0.1) is 5.92 Å². The molecule has 5 nitrogen and oxygen atoms in total. The van der Waals surface area contributed by atoms with E-state index >= 15 is 0 Å². The molecule has 0 spiro atoms. The summed E-state index contributed by atoms with van der Waals surface area (Å²) >= 11 is 0. The average Bonchev–Trinajstić information content (AvgIpc) is 3.00. The third kappa shape index (κ3) is 10.6. The zero-order chi connectivity index (χ0) is 23.1. The van der Waals surface area contributed by atoms with Gasteiger partial charge in [-0.1, -0.05) is 63.5 Å². The minimum absolute atomic E-state index is 0.112. The summed E-state index contributed by atoms with van der Waals surface area (Å²) in [6, 6.07) is 0. The van der Waals surface area contributed by atoms with Gasteiger partial charge in [-0.2, -0.15) is 0 Å². The lowest BCUT2D eigenvalue weighted by Crippen LogP contribution is -2.26. The molecule has 0 radical (unpaired) electrons. The number of carbonyl (C=O) groups excluding carboxylic acids is 2. The van der Waals surface area contributed by atoms with Crippen molar-refractivity contribution in [2.45, 2.75) is 109 Å². The number of Topliss-reactive ketones (excluding diaryl/α,β-unsaturated/α-hetero) is 2. The van der Waals surface area contributed by atoms with Crippen LogP contribution in [-0.2, 0) is 9.59 Å². The van der Waals surface area contributed by atoms with Crippen molar-refractivity contribution in [3.63, 3.8) is 0 Å². The van der Waals surface area contributed by atoms with Gasteiger partial charge in [0, 0.05) is 31.1 Å². The molecule has 1 aliphatic rings. The second kappa shape index (κ2) is 15.3. The van der Waals surface area contributed by atoms with Crippen molar-refractivity contribution >= 4 is 11.6 Å². The van der Waals surface area contributed by atoms with Gasteiger partial charge in [0.15, 0.2) is 5.78 Å². The molecule has 4 atom stereocenters. The quantitative estimate of drug-likeness (QED) is 0.193. The van der Waals surface area contributed by atoms with Crippen LogP contribution < -0.4 is 0 Å². The first kappa shape index (κ1) is 27.6. The number of carbonyl (C=O) groups is 2. The van der Waals surface area contributed by atoms with E-state index in [0.29, 0.717) is 19.3 Å². The molecule has 0 aromatic carbocycles. The second-order valence-corrected chi connectivity index (χ2v) is 8.92. The van der Waals surface area contributed by atoms with Gasteiger partial charge in [-0.05, 0) is 32.6 Å². The zero-order valence-corrected chi connectivity index (χ0v) is 19.4. The fraction of sp³-hybridized carbons (Fsp3) is 0.769. The van der Waals surface area contributed by atoms with Crippen LogP contribution in [0.3, 0.4) is 0 Å². The maximum absolute atomic E-state index is 12.4. The lowest BCUT2D eigenvalue weighted by molar-refractivity contribution is -0.122. The van der Waals surface area contributed by atoms with Crippen LogP contribution in [0, 0.1) is 23.7 Å². The van der Waals surface area contributed by atoms with Crippen molar-refractivity contribution in [1.29, 1.82) is 0 Å². The van der Waals surface area contributed by atoms with Gasteiger partial charge in [0.05, 0.1) is 6.10 Å². The number of aliphatic hydroxyl groups is 3. The Morgan fingerprint density at radius 3 is 2.55 bits per heavy atom. The third-order valence-corrected chi connectivity index (χ3v) is 6.25. The van der Waals surface area contributed by atoms with Crippen molar-refractivity contribution in [1.82, 2.24) is 0 Å². The predicted octanol–water partition coefficient (Wildman–Crippen LogP) is 4.13. The standard InChI is InChI=1S/C26H42O5/c1-3-5-6-11-17-26(31,16-4-2)18-12-15-23-22(24(29)19-25(23)30)14-10-8-7-9-13-21(28)20-27/h12,15,22-23,25,27,30-31H,3,5-11,13-14,17-20H2,1-2H3/b15-12+/t22-,23-,25-,26?/m1/s1. The Bertz CT molecular complexity index is 629. The molecule has 176 valence electrons. The molecule has 1 saturated carbocycles. The highest BCUT2D eigenvalue weighted by Crippen LogP contribution is 2.34. The lowest BCUT2D eigenvalue weighted by atomic mass is 9.87. The van der Waals surface area contributed by atoms with Crippen molar-refractivity contribution < 1.29 is 24.9 Å². The summed E-state index contributed by atoms with van der Waals surface area (Å²) in [5.74, 6) is 5.38. The monoisotopic (exact) mass is 434 g/mol. The number of ketones is 2. The van der Waals surface area contributed by atoms with Crippen LogP contribution in [0.1, 0.15) is 97.3 Å². The Hall–Kier alpha value is -1.48. The Labute approximate surface area is 188 Å². The normalized spacial score (nSPS) is 23.0. The smallest absolute Gasteiger partial charge is 0.158 e. The van der Waals surface area contributed by atoms with Crippen LogP contribution in [0.15, 0.2) is 12.2 Å². The maximum Gasteiger partial charge on any atom is 0.158 e. The average molecular weight is 435 g/mol. The second-order valence-electron chi connectivity index (χ2n) is 8.92. The van der Waals surface area contributed by atoms with Crippen molar-refractivity contribution in [2.75, 3.05) is 6.61 Å². The van der Waals surface area contributed by atoms with Gasteiger partial charge in [-0.3, -0.25) is 9.59 Å². The topological polar surface area (TPSA) is 94.8 Å². The molecule has 1 aliphatic carbocycles. The molecule has 0 heterocycles. The Kier molecular flexibility index (Phi) is 13.6. The molecule has 0 bridgehead atoms. The summed E-state index contributed by atoms with van der Waals surface area (Å²) in [6.45, 7) is 3.50. The first-order valence-corrected chi connectivity index (χ1v) is 12.0. The zero-order valence-electron chi connectivity index (χ0n) is 19.4. The number of unbranched alkanes of at least 4 members (excludes halogenated alkanes) is 6. The first-order chi connectivity index (χ1) is 14.9. The van der Waals surface area contributed by atoms with Crippen LogP contribution >= 0.6 is 0 Å². The van der Waals surface area contributed by atoms with Crippen LogP contribution in [0.4, 0.5) is 0 Å². The lowest BCUT2D eigenvalue weighted by Gasteiger charge is -2.22. The van der Waals surface area contributed by atoms with E-state index in [4.69, 9.17) is 5.11 Å². The van der Waals surface area contributed by atoms with E-state index in [2.05, 4.69) is 18.8 Å². The van der Waals surface area contributed by atoms with E-state index in [0.717, 1.165) is 57.8 Å². The first-order valence-electron chi connectivity index (χ1n) is 12.0. The Balaban J connectivity index is 2.54. The molecule has 31 heavy (non-hydrogen) atoms. The number of rotatable bonds is 16. The summed E-state index contributed by atoms with van der Waals surface area (Å²) in [6.07, 6.45) is 13.3. The van der Waals surface area contributed by atoms with Crippen molar-refractivity contribution in [3.05, 3.63) is 12.2 Å². The summed E-state index contributed by atoms with van der Waals surface area (Å²) < 4.78 is 0. The number of aliphatic hydroxyl groups excluding tert-OH is 2. The molecular formula is C26H42O5. The van der Waals surface area contributed by atoms with Gasteiger partial charge in [0.2, 0.25) is 0 Å². The number of hydrogen-bond acceptors (Lipinski definition) is 5. The van der Waals surface area contributed by atoms with Gasteiger partial charge >= 0.3 is 0 Å². The highest BCUT2D eigenvalue weighted by Gasteiger charge is 2.39. The molecule has 0 saturated heterocycles. The fourth-order valence-electron chi connectivity index (χ4n) is 4.42. The highest BCUT2D eigenvalue weighted by molar-refractivity contribution is 5.84. The molecule has 0 aromatic heterocycles. The molecule has 1 rings (SSSR count). The van der Waals surface area contributed by atoms with E-state index in [1.807, 2.05) is 12.2 Å². The molecule has 1 unspecified atom stereocenters. The maximum atomic E-state index is 12.4. The van der Waals surface area contributed by atoms with Gasteiger partial charge in [-0.25, -0.2) is 0 Å². The molecular weight excluding hydrogens is 392 g/mol. The minimum Gasteiger partial charge on any atom is -0.392 e. The molecule has 0 amide bonds. The minimum atomic E-state index is -1.05. The van der Waals surface area contributed by atoms with Gasteiger partial charge < -0.3 is 15.3 Å². The van der Waals surface area contributed by atoms with Crippen molar-refractivity contribution in [3.8, 4) is 11.8 Å².